The Morgan fingerprint density at radius 1 is 1.20 bits per heavy atom. The van der Waals surface area contributed by atoms with Crippen LogP contribution >= 0.6 is 0 Å². The quantitative estimate of drug-likeness (QED) is 0.921. The molecular formula is C17H23N3. The van der Waals surface area contributed by atoms with Crippen molar-refractivity contribution in [3.63, 3.8) is 0 Å². The molecule has 1 saturated carbocycles. The average Bonchev–Trinajstić information content (AvgIpc) is 2.53. The van der Waals surface area contributed by atoms with Crippen molar-refractivity contribution in [1.82, 2.24) is 9.97 Å². The predicted octanol–water partition coefficient (Wildman–Crippen LogP) is 3.85. The number of fused-ring (bicyclic) bond motifs is 1. The Balaban J connectivity index is 1.97. The molecule has 3 atom stereocenters. The summed E-state index contributed by atoms with van der Waals surface area (Å²) in [6.07, 6.45) is 9.97. The first-order valence-electron chi connectivity index (χ1n) is 7.76. The fourth-order valence-electron chi connectivity index (χ4n) is 3.73. The van der Waals surface area contributed by atoms with Gasteiger partial charge in [0.25, 0.3) is 0 Å². The molecule has 2 aromatic rings. The maximum atomic E-state index is 6.63. The van der Waals surface area contributed by atoms with E-state index in [9.17, 15) is 0 Å². The van der Waals surface area contributed by atoms with E-state index < -0.39 is 0 Å². The summed E-state index contributed by atoms with van der Waals surface area (Å²) in [6.45, 7) is 2.29. The van der Waals surface area contributed by atoms with E-state index in [0.29, 0.717) is 5.92 Å². The second-order valence-corrected chi connectivity index (χ2v) is 5.91. The van der Waals surface area contributed by atoms with Crippen molar-refractivity contribution in [2.45, 2.75) is 45.1 Å². The maximum Gasteiger partial charge on any atom is 0.0934 e. The molecule has 1 aromatic carbocycles. The molecule has 1 aliphatic carbocycles. The van der Waals surface area contributed by atoms with E-state index in [1.165, 1.54) is 37.7 Å². The minimum Gasteiger partial charge on any atom is -0.324 e. The molecule has 1 fully saturated rings. The Hall–Kier alpha value is -1.48. The molecule has 2 N–H and O–H groups in total. The molecule has 1 aliphatic rings. The highest BCUT2D eigenvalue weighted by atomic mass is 14.8. The van der Waals surface area contributed by atoms with Crippen LogP contribution in [-0.2, 0) is 0 Å². The van der Waals surface area contributed by atoms with Gasteiger partial charge in [-0.3, -0.25) is 9.97 Å². The minimum atomic E-state index is 0.0839. The molecule has 0 amide bonds. The van der Waals surface area contributed by atoms with Gasteiger partial charge in [0, 0.05) is 18.4 Å². The molecule has 0 spiro atoms. The van der Waals surface area contributed by atoms with Crippen molar-refractivity contribution in [2.75, 3.05) is 0 Å². The molecule has 3 rings (SSSR count). The molecule has 0 radical (unpaired) electrons. The lowest BCUT2D eigenvalue weighted by atomic mass is 9.72. The van der Waals surface area contributed by atoms with Crippen molar-refractivity contribution >= 4 is 11.0 Å². The van der Waals surface area contributed by atoms with Crippen LogP contribution in [0.4, 0.5) is 0 Å². The smallest absolute Gasteiger partial charge is 0.0934 e. The van der Waals surface area contributed by atoms with Gasteiger partial charge < -0.3 is 5.73 Å². The fourth-order valence-corrected chi connectivity index (χ4v) is 3.73. The third kappa shape index (κ3) is 2.42. The topological polar surface area (TPSA) is 51.8 Å². The number of rotatable bonds is 3. The summed E-state index contributed by atoms with van der Waals surface area (Å²) in [7, 11) is 0. The molecule has 0 aliphatic heterocycles. The zero-order valence-corrected chi connectivity index (χ0v) is 12.1. The van der Waals surface area contributed by atoms with Gasteiger partial charge in [0.05, 0.1) is 11.0 Å². The first-order chi connectivity index (χ1) is 9.81. The summed E-state index contributed by atoms with van der Waals surface area (Å²) < 4.78 is 0. The van der Waals surface area contributed by atoms with Crippen LogP contribution in [0, 0.1) is 11.8 Å². The molecule has 0 bridgehead atoms. The van der Waals surface area contributed by atoms with Crippen molar-refractivity contribution in [2.24, 2.45) is 17.6 Å². The third-order valence-corrected chi connectivity index (χ3v) is 4.84. The van der Waals surface area contributed by atoms with Gasteiger partial charge >= 0.3 is 0 Å². The van der Waals surface area contributed by atoms with Crippen LogP contribution in [0.3, 0.4) is 0 Å². The second kappa shape index (κ2) is 5.88. The van der Waals surface area contributed by atoms with E-state index in [2.05, 4.69) is 29.0 Å². The van der Waals surface area contributed by atoms with E-state index in [-0.39, 0.29) is 6.04 Å². The first kappa shape index (κ1) is 13.5. The lowest BCUT2D eigenvalue weighted by Crippen LogP contribution is -2.30. The summed E-state index contributed by atoms with van der Waals surface area (Å²) in [4.78, 5) is 8.90. The summed E-state index contributed by atoms with van der Waals surface area (Å²) in [5.74, 6) is 1.34. The van der Waals surface area contributed by atoms with E-state index in [0.717, 1.165) is 17.0 Å². The summed E-state index contributed by atoms with van der Waals surface area (Å²) in [5.41, 5.74) is 9.72. The third-order valence-electron chi connectivity index (χ3n) is 4.84. The molecule has 3 unspecified atom stereocenters. The van der Waals surface area contributed by atoms with Crippen LogP contribution in [-0.4, -0.2) is 9.97 Å². The Kier molecular flexibility index (Phi) is 3.97. The highest BCUT2D eigenvalue weighted by Crippen LogP contribution is 2.40. The highest BCUT2D eigenvalue weighted by molar-refractivity contribution is 5.78. The molecule has 20 heavy (non-hydrogen) atoms. The van der Waals surface area contributed by atoms with Gasteiger partial charge in [-0.15, -0.1) is 0 Å². The number of hydrogen-bond acceptors (Lipinski definition) is 3. The SMILES string of the molecule is CCC1CCCCC1C(N)c1cccc2nccnc12. The summed E-state index contributed by atoms with van der Waals surface area (Å²) in [6, 6.07) is 6.27. The standard InChI is InChI=1S/C17H23N3/c1-2-12-6-3-4-7-13(12)16(18)14-8-5-9-15-17(14)20-11-10-19-15/h5,8-13,16H,2-4,6-7,18H2,1H3. The zero-order valence-electron chi connectivity index (χ0n) is 12.1. The van der Waals surface area contributed by atoms with Gasteiger partial charge in [-0.25, -0.2) is 0 Å². The van der Waals surface area contributed by atoms with Gasteiger partial charge in [0.15, 0.2) is 0 Å². The molecular weight excluding hydrogens is 246 g/mol. The van der Waals surface area contributed by atoms with Gasteiger partial charge in [-0.05, 0) is 29.9 Å². The lowest BCUT2D eigenvalue weighted by Gasteiger charge is -2.35. The number of hydrogen-bond donors (Lipinski definition) is 1. The van der Waals surface area contributed by atoms with Crippen LogP contribution < -0.4 is 5.73 Å². The minimum absolute atomic E-state index is 0.0839. The van der Waals surface area contributed by atoms with Crippen LogP contribution in [0.5, 0.6) is 0 Å². The van der Waals surface area contributed by atoms with E-state index in [4.69, 9.17) is 5.73 Å². The molecule has 3 nitrogen and oxygen atoms in total. The molecule has 1 aromatic heterocycles. The average molecular weight is 269 g/mol. The Morgan fingerprint density at radius 2 is 2.00 bits per heavy atom. The van der Waals surface area contributed by atoms with Crippen LogP contribution in [0.2, 0.25) is 0 Å². The second-order valence-electron chi connectivity index (χ2n) is 5.91. The Morgan fingerprint density at radius 3 is 2.85 bits per heavy atom. The maximum absolute atomic E-state index is 6.63. The molecule has 3 heteroatoms. The predicted molar refractivity (Wildman–Crippen MR) is 82.2 cm³/mol. The monoisotopic (exact) mass is 269 g/mol. The number of benzene rings is 1. The van der Waals surface area contributed by atoms with Gasteiger partial charge in [0.1, 0.15) is 0 Å². The number of nitrogens with zero attached hydrogens (tertiary/aromatic N) is 2. The van der Waals surface area contributed by atoms with Crippen LogP contribution in [0.1, 0.15) is 50.6 Å². The number of para-hydroxylation sites is 1. The van der Waals surface area contributed by atoms with Crippen molar-refractivity contribution in [1.29, 1.82) is 0 Å². The van der Waals surface area contributed by atoms with E-state index >= 15 is 0 Å². The van der Waals surface area contributed by atoms with E-state index in [1.54, 1.807) is 12.4 Å². The van der Waals surface area contributed by atoms with Crippen molar-refractivity contribution < 1.29 is 0 Å². The largest absolute Gasteiger partial charge is 0.324 e. The normalized spacial score (nSPS) is 24.7. The van der Waals surface area contributed by atoms with E-state index in [1.807, 2.05) is 6.07 Å². The Labute approximate surface area is 120 Å². The fraction of sp³-hybridized carbons (Fsp3) is 0.529. The molecule has 1 heterocycles. The van der Waals surface area contributed by atoms with Crippen LogP contribution in [0.15, 0.2) is 30.6 Å². The lowest BCUT2D eigenvalue weighted by molar-refractivity contribution is 0.197. The summed E-state index contributed by atoms with van der Waals surface area (Å²) >= 11 is 0. The van der Waals surface area contributed by atoms with Crippen LogP contribution in [0.25, 0.3) is 11.0 Å². The summed E-state index contributed by atoms with van der Waals surface area (Å²) in [5, 5.41) is 0. The number of aromatic nitrogens is 2. The first-order valence-corrected chi connectivity index (χ1v) is 7.76. The Bertz CT molecular complexity index is 576. The van der Waals surface area contributed by atoms with Crippen molar-refractivity contribution in [3.05, 3.63) is 36.2 Å². The highest BCUT2D eigenvalue weighted by Gasteiger charge is 2.30. The molecule has 106 valence electrons. The van der Waals surface area contributed by atoms with Gasteiger partial charge in [-0.2, -0.15) is 0 Å². The number of nitrogens with two attached hydrogens (primary N) is 1. The van der Waals surface area contributed by atoms with Gasteiger partial charge in [0.2, 0.25) is 0 Å². The van der Waals surface area contributed by atoms with Crippen molar-refractivity contribution in [3.8, 4) is 0 Å². The zero-order chi connectivity index (χ0) is 13.9. The van der Waals surface area contributed by atoms with Gasteiger partial charge in [-0.1, -0.05) is 44.7 Å². The molecule has 0 saturated heterocycles.